The lowest BCUT2D eigenvalue weighted by atomic mass is 10.1. The van der Waals surface area contributed by atoms with E-state index in [0.29, 0.717) is 5.56 Å². The minimum Gasteiger partial charge on any atom is -0.389 e. The smallest absolute Gasteiger partial charge is 0.130 e. The number of benzene rings is 1. The Morgan fingerprint density at radius 3 is 2.75 bits per heavy atom. The molecule has 0 saturated carbocycles. The Morgan fingerprint density at radius 1 is 1.38 bits per heavy atom. The largest absolute Gasteiger partial charge is 0.389 e. The van der Waals surface area contributed by atoms with Crippen molar-refractivity contribution in [1.82, 2.24) is 0 Å². The fraction of sp³-hybridized carbons (Fsp3) is 0.538. The quantitative estimate of drug-likeness (QED) is 0.597. The van der Waals surface area contributed by atoms with Crippen molar-refractivity contribution in [3.05, 3.63) is 29.6 Å². The average Bonchev–Trinajstić information content (AvgIpc) is 2.24. The van der Waals surface area contributed by atoms with Crippen molar-refractivity contribution in [1.29, 1.82) is 0 Å². The SMILES string of the molecule is CCCCCSc1cccc(F)c1[C@@H](C)O. The minimum atomic E-state index is -0.741. The number of rotatable bonds is 6. The van der Waals surface area contributed by atoms with E-state index in [1.54, 1.807) is 24.8 Å². The summed E-state index contributed by atoms with van der Waals surface area (Å²) in [6, 6.07) is 4.98. The van der Waals surface area contributed by atoms with Gasteiger partial charge in [-0.2, -0.15) is 0 Å². The van der Waals surface area contributed by atoms with Gasteiger partial charge in [-0.3, -0.25) is 0 Å². The summed E-state index contributed by atoms with van der Waals surface area (Å²) in [5.74, 6) is 0.673. The summed E-state index contributed by atoms with van der Waals surface area (Å²) in [5.41, 5.74) is 0.434. The predicted molar refractivity (Wildman–Crippen MR) is 67.3 cm³/mol. The molecule has 0 aromatic heterocycles. The Labute approximate surface area is 101 Å². The first-order valence-corrected chi connectivity index (χ1v) is 6.74. The third kappa shape index (κ3) is 3.80. The van der Waals surface area contributed by atoms with Crippen molar-refractivity contribution in [2.24, 2.45) is 0 Å². The monoisotopic (exact) mass is 242 g/mol. The van der Waals surface area contributed by atoms with Crippen molar-refractivity contribution in [3.63, 3.8) is 0 Å². The highest BCUT2D eigenvalue weighted by atomic mass is 32.2. The highest BCUT2D eigenvalue weighted by molar-refractivity contribution is 7.99. The van der Waals surface area contributed by atoms with Crippen molar-refractivity contribution in [2.75, 3.05) is 5.75 Å². The van der Waals surface area contributed by atoms with Gasteiger partial charge >= 0.3 is 0 Å². The second-order valence-corrected chi connectivity index (χ2v) is 5.02. The van der Waals surface area contributed by atoms with Gasteiger partial charge in [-0.25, -0.2) is 4.39 Å². The predicted octanol–water partition coefficient (Wildman–Crippen LogP) is 4.16. The molecule has 1 nitrogen and oxygen atoms in total. The maximum atomic E-state index is 13.5. The van der Waals surface area contributed by atoms with Crippen LogP contribution in [0.1, 0.15) is 44.8 Å². The van der Waals surface area contributed by atoms with Gasteiger partial charge in [0.1, 0.15) is 5.82 Å². The van der Waals surface area contributed by atoms with E-state index in [1.807, 2.05) is 6.07 Å². The van der Waals surface area contributed by atoms with Crippen molar-refractivity contribution < 1.29 is 9.50 Å². The van der Waals surface area contributed by atoms with Gasteiger partial charge in [-0.05, 0) is 31.2 Å². The summed E-state index contributed by atoms with van der Waals surface area (Å²) >= 11 is 1.63. The van der Waals surface area contributed by atoms with Gasteiger partial charge in [0.05, 0.1) is 6.10 Å². The van der Waals surface area contributed by atoms with Gasteiger partial charge < -0.3 is 5.11 Å². The normalized spacial score (nSPS) is 12.8. The van der Waals surface area contributed by atoms with Crippen LogP contribution < -0.4 is 0 Å². The zero-order valence-electron chi connectivity index (χ0n) is 9.87. The third-order valence-corrected chi connectivity index (χ3v) is 3.60. The molecule has 0 amide bonds. The molecular formula is C13H19FOS. The summed E-state index contributed by atoms with van der Waals surface area (Å²) in [7, 11) is 0. The molecule has 0 bridgehead atoms. The van der Waals surface area contributed by atoms with Gasteiger partial charge in [0.2, 0.25) is 0 Å². The molecule has 0 spiro atoms. The van der Waals surface area contributed by atoms with Gasteiger partial charge in [0.15, 0.2) is 0 Å². The first-order valence-electron chi connectivity index (χ1n) is 5.76. The molecule has 1 aromatic rings. The van der Waals surface area contributed by atoms with E-state index in [0.717, 1.165) is 17.1 Å². The highest BCUT2D eigenvalue weighted by Gasteiger charge is 2.13. The number of hydrogen-bond acceptors (Lipinski definition) is 2. The summed E-state index contributed by atoms with van der Waals surface area (Å²) in [4.78, 5) is 0.867. The summed E-state index contributed by atoms with van der Waals surface area (Å²) in [6.07, 6.45) is 2.78. The van der Waals surface area contributed by atoms with Crippen molar-refractivity contribution in [2.45, 2.75) is 44.1 Å². The number of aliphatic hydroxyl groups is 1. The van der Waals surface area contributed by atoms with Crippen LogP contribution in [0.15, 0.2) is 23.1 Å². The molecule has 0 fully saturated rings. The Balaban J connectivity index is 2.67. The van der Waals surface area contributed by atoms with E-state index in [-0.39, 0.29) is 5.82 Å². The molecule has 1 rings (SSSR count). The zero-order valence-corrected chi connectivity index (χ0v) is 10.7. The molecule has 0 aliphatic rings. The summed E-state index contributed by atoms with van der Waals surface area (Å²) in [6.45, 7) is 3.77. The second-order valence-electron chi connectivity index (χ2n) is 3.88. The molecule has 16 heavy (non-hydrogen) atoms. The van der Waals surface area contributed by atoms with E-state index < -0.39 is 6.10 Å². The first-order chi connectivity index (χ1) is 7.66. The zero-order chi connectivity index (χ0) is 12.0. The number of thioether (sulfide) groups is 1. The van der Waals surface area contributed by atoms with Crippen molar-refractivity contribution in [3.8, 4) is 0 Å². The molecule has 0 saturated heterocycles. The molecule has 0 aliphatic heterocycles. The fourth-order valence-corrected chi connectivity index (χ4v) is 2.75. The summed E-state index contributed by atoms with van der Waals surface area (Å²) in [5, 5.41) is 9.53. The van der Waals surface area contributed by atoms with Gasteiger partial charge in [0.25, 0.3) is 0 Å². The molecule has 1 aromatic carbocycles. The average molecular weight is 242 g/mol. The topological polar surface area (TPSA) is 20.2 Å². The first kappa shape index (κ1) is 13.5. The molecule has 0 heterocycles. The maximum Gasteiger partial charge on any atom is 0.130 e. The Bertz CT molecular complexity index is 326. The van der Waals surface area contributed by atoms with E-state index >= 15 is 0 Å². The number of halogens is 1. The molecule has 3 heteroatoms. The lowest BCUT2D eigenvalue weighted by Crippen LogP contribution is -1.98. The fourth-order valence-electron chi connectivity index (χ4n) is 1.58. The third-order valence-electron chi connectivity index (χ3n) is 2.44. The molecule has 0 radical (unpaired) electrons. The van der Waals surface area contributed by atoms with Gasteiger partial charge in [-0.1, -0.05) is 25.8 Å². The molecule has 0 unspecified atom stereocenters. The minimum absolute atomic E-state index is 0.310. The van der Waals surface area contributed by atoms with E-state index in [9.17, 15) is 9.50 Å². The molecule has 90 valence electrons. The molecule has 1 N–H and O–H groups in total. The Morgan fingerprint density at radius 2 is 2.12 bits per heavy atom. The van der Waals surface area contributed by atoms with Crippen LogP contribution in [0.25, 0.3) is 0 Å². The van der Waals surface area contributed by atoms with Gasteiger partial charge in [0, 0.05) is 10.5 Å². The number of hydrogen-bond donors (Lipinski definition) is 1. The van der Waals surface area contributed by atoms with E-state index in [1.165, 1.54) is 18.9 Å². The second kappa shape index (κ2) is 6.92. The lowest BCUT2D eigenvalue weighted by Gasteiger charge is -2.12. The van der Waals surface area contributed by atoms with E-state index in [4.69, 9.17) is 0 Å². The summed E-state index contributed by atoms with van der Waals surface area (Å²) < 4.78 is 13.5. The van der Waals surface area contributed by atoms with Crippen LogP contribution in [0.4, 0.5) is 4.39 Å². The van der Waals surface area contributed by atoms with Crippen LogP contribution in [0.5, 0.6) is 0 Å². The number of unbranched alkanes of at least 4 members (excludes halogenated alkanes) is 2. The Hall–Kier alpha value is -0.540. The number of aliphatic hydroxyl groups excluding tert-OH is 1. The standard InChI is InChI=1S/C13H19FOS/c1-3-4-5-9-16-12-8-6-7-11(14)13(12)10(2)15/h6-8,10,15H,3-5,9H2,1-2H3/t10-/m1/s1. The lowest BCUT2D eigenvalue weighted by molar-refractivity contribution is 0.191. The van der Waals surface area contributed by atoms with Crippen molar-refractivity contribution >= 4 is 11.8 Å². The van der Waals surface area contributed by atoms with Crippen LogP contribution in [-0.4, -0.2) is 10.9 Å². The molecule has 1 atom stereocenters. The van der Waals surface area contributed by atoms with Crippen LogP contribution in [-0.2, 0) is 0 Å². The maximum absolute atomic E-state index is 13.5. The van der Waals surface area contributed by atoms with Gasteiger partial charge in [-0.15, -0.1) is 11.8 Å². The van der Waals surface area contributed by atoms with Crippen LogP contribution >= 0.6 is 11.8 Å². The van der Waals surface area contributed by atoms with E-state index in [2.05, 4.69) is 6.92 Å². The molecule has 0 aliphatic carbocycles. The Kier molecular flexibility index (Phi) is 5.85. The van der Waals surface area contributed by atoms with Crippen LogP contribution in [0.2, 0.25) is 0 Å². The molecular weight excluding hydrogens is 223 g/mol. The van der Waals surface area contributed by atoms with Crippen LogP contribution in [0, 0.1) is 5.82 Å². The van der Waals surface area contributed by atoms with Crippen LogP contribution in [0.3, 0.4) is 0 Å². The highest BCUT2D eigenvalue weighted by Crippen LogP contribution is 2.30.